The number of unbranched alkanes of at least 4 members (excludes halogenated alkanes) is 12. The van der Waals surface area contributed by atoms with Crippen LogP contribution in [0.3, 0.4) is 0 Å². The fraction of sp³-hybridized carbons (Fsp3) is 0.760. The third-order valence-corrected chi connectivity index (χ3v) is 5.19. The summed E-state index contributed by atoms with van der Waals surface area (Å²) in [6.45, 7) is 5.87. The Labute approximate surface area is 178 Å². The van der Waals surface area contributed by atoms with Crippen LogP contribution < -0.4 is 0 Å². The minimum Gasteiger partial charge on any atom is -0.481 e. The summed E-state index contributed by atoms with van der Waals surface area (Å²) in [5, 5.41) is 9.24. The average Bonchev–Trinajstić information content (AvgIpc) is 2.70. The molecule has 29 heavy (non-hydrogen) atoms. The number of ether oxygens (including phenoxy) is 1. The van der Waals surface area contributed by atoms with Gasteiger partial charge in [-0.2, -0.15) is 0 Å². The first kappa shape index (κ1) is 27.4. The summed E-state index contributed by atoms with van der Waals surface area (Å²) in [6, 6.07) is 0. The van der Waals surface area contributed by atoms with Crippen LogP contribution in [0, 0.1) is 5.92 Å². The van der Waals surface area contributed by atoms with Crippen molar-refractivity contribution in [1.82, 2.24) is 0 Å². The standard InChI is InChI=1S/C25H44O4/c1-3-5-6-7-8-9-10-11-12-13-14-15-16-17-18-19-20-23(25(27)28)22-24(26)29-21-4-2/h4,11-12,23H,2-3,5-10,13-22H2,1H3,(H,27,28)/b12-11+. The first-order valence-corrected chi connectivity index (χ1v) is 11.8. The molecule has 0 aromatic rings. The van der Waals surface area contributed by atoms with Gasteiger partial charge in [0, 0.05) is 0 Å². The fourth-order valence-corrected chi connectivity index (χ4v) is 3.36. The van der Waals surface area contributed by atoms with E-state index in [0.29, 0.717) is 6.42 Å². The second-order valence-corrected chi connectivity index (χ2v) is 7.94. The molecule has 0 bridgehead atoms. The molecule has 0 heterocycles. The quantitative estimate of drug-likeness (QED) is 0.124. The highest BCUT2D eigenvalue weighted by atomic mass is 16.5. The van der Waals surface area contributed by atoms with E-state index in [1.807, 2.05) is 0 Å². The molecule has 0 spiro atoms. The molecule has 1 unspecified atom stereocenters. The van der Waals surface area contributed by atoms with E-state index in [2.05, 4.69) is 25.7 Å². The number of esters is 1. The summed E-state index contributed by atoms with van der Waals surface area (Å²) in [5.74, 6) is -2.00. The van der Waals surface area contributed by atoms with E-state index in [0.717, 1.165) is 19.3 Å². The largest absolute Gasteiger partial charge is 0.481 e. The monoisotopic (exact) mass is 408 g/mol. The van der Waals surface area contributed by atoms with Crippen LogP contribution in [-0.4, -0.2) is 23.7 Å². The lowest BCUT2D eigenvalue weighted by Crippen LogP contribution is -2.19. The van der Waals surface area contributed by atoms with Crippen LogP contribution in [0.1, 0.15) is 110 Å². The van der Waals surface area contributed by atoms with Crippen molar-refractivity contribution in [2.45, 2.75) is 110 Å². The number of hydrogen-bond donors (Lipinski definition) is 1. The molecule has 0 aliphatic heterocycles. The molecular weight excluding hydrogens is 364 g/mol. The molecule has 0 aliphatic rings. The Morgan fingerprint density at radius 3 is 1.90 bits per heavy atom. The van der Waals surface area contributed by atoms with Gasteiger partial charge in [0.05, 0.1) is 12.3 Å². The van der Waals surface area contributed by atoms with E-state index in [9.17, 15) is 14.7 Å². The van der Waals surface area contributed by atoms with Crippen molar-refractivity contribution in [2.75, 3.05) is 6.61 Å². The molecule has 0 amide bonds. The average molecular weight is 409 g/mol. The maximum atomic E-state index is 11.5. The maximum Gasteiger partial charge on any atom is 0.307 e. The first-order chi connectivity index (χ1) is 14.1. The molecule has 1 atom stereocenters. The van der Waals surface area contributed by atoms with Gasteiger partial charge in [0.15, 0.2) is 0 Å². The van der Waals surface area contributed by atoms with Crippen molar-refractivity contribution < 1.29 is 19.4 Å². The fourth-order valence-electron chi connectivity index (χ4n) is 3.36. The maximum absolute atomic E-state index is 11.5. The Morgan fingerprint density at radius 1 is 0.862 bits per heavy atom. The van der Waals surface area contributed by atoms with Gasteiger partial charge in [0.25, 0.3) is 0 Å². The second kappa shape index (κ2) is 21.1. The highest BCUT2D eigenvalue weighted by molar-refractivity contribution is 5.78. The second-order valence-electron chi connectivity index (χ2n) is 7.94. The molecule has 0 radical (unpaired) electrons. The van der Waals surface area contributed by atoms with Gasteiger partial charge in [-0.15, -0.1) is 0 Å². The van der Waals surface area contributed by atoms with Crippen LogP contribution in [-0.2, 0) is 14.3 Å². The highest BCUT2D eigenvalue weighted by Gasteiger charge is 2.21. The molecule has 0 saturated carbocycles. The number of carbonyl (C=O) groups is 2. The van der Waals surface area contributed by atoms with Crippen LogP contribution in [0.5, 0.6) is 0 Å². The number of carboxylic acid groups (broad SMARTS) is 1. The van der Waals surface area contributed by atoms with Crippen molar-refractivity contribution in [1.29, 1.82) is 0 Å². The molecule has 0 aromatic heterocycles. The van der Waals surface area contributed by atoms with Gasteiger partial charge in [0.1, 0.15) is 6.61 Å². The van der Waals surface area contributed by atoms with E-state index in [1.54, 1.807) is 0 Å². The molecule has 1 N–H and O–H groups in total. The topological polar surface area (TPSA) is 63.6 Å². The Balaban J connectivity index is 3.52. The zero-order chi connectivity index (χ0) is 21.6. The number of carboxylic acids is 1. The molecule has 0 saturated heterocycles. The normalized spacial score (nSPS) is 12.2. The third kappa shape index (κ3) is 19.5. The van der Waals surface area contributed by atoms with E-state index < -0.39 is 17.9 Å². The molecular formula is C25H44O4. The summed E-state index contributed by atoms with van der Waals surface area (Å²) < 4.78 is 4.88. The molecule has 0 aliphatic carbocycles. The summed E-state index contributed by atoms with van der Waals surface area (Å²) >= 11 is 0. The number of aliphatic carboxylic acids is 1. The van der Waals surface area contributed by atoms with Gasteiger partial charge in [0.2, 0.25) is 0 Å². The minimum atomic E-state index is -0.909. The lowest BCUT2D eigenvalue weighted by Gasteiger charge is -2.11. The Kier molecular flexibility index (Phi) is 20.0. The van der Waals surface area contributed by atoms with Crippen LogP contribution in [0.15, 0.2) is 24.8 Å². The number of hydrogen-bond acceptors (Lipinski definition) is 3. The van der Waals surface area contributed by atoms with Crippen molar-refractivity contribution in [3.63, 3.8) is 0 Å². The van der Waals surface area contributed by atoms with E-state index in [4.69, 9.17) is 4.74 Å². The van der Waals surface area contributed by atoms with Crippen molar-refractivity contribution >= 4 is 11.9 Å². The zero-order valence-corrected chi connectivity index (χ0v) is 18.7. The number of carbonyl (C=O) groups excluding carboxylic acids is 1. The molecule has 0 rings (SSSR count). The Morgan fingerprint density at radius 2 is 1.38 bits per heavy atom. The number of rotatable bonds is 21. The van der Waals surface area contributed by atoms with Crippen LogP contribution in [0.4, 0.5) is 0 Å². The van der Waals surface area contributed by atoms with Crippen LogP contribution in [0.2, 0.25) is 0 Å². The van der Waals surface area contributed by atoms with Crippen molar-refractivity contribution in [2.24, 2.45) is 5.92 Å². The van der Waals surface area contributed by atoms with Gasteiger partial charge in [-0.1, -0.05) is 95.9 Å². The van der Waals surface area contributed by atoms with E-state index in [1.165, 1.54) is 76.7 Å². The van der Waals surface area contributed by atoms with Gasteiger partial charge < -0.3 is 9.84 Å². The lowest BCUT2D eigenvalue weighted by molar-refractivity contribution is -0.151. The smallest absolute Gasteiger partial charge is 0.307 e. The minimum absolute atomic E-state index is 0.0474. The van der Waals surface area contributed by atoms with Crippen molar-refractivity contribution in [3.8, 4) is 0 Å². The first-order valence-electron chi connectivity index (χ1n) is 11.8. The predicted octanol–water partition coefficient (Wildman–Crippen LogP) is 7.23. The lowest BCUT2D eigenvalue weighted by atomic mass is 9.97. The van der Waals surface area contributed by atoms with E-state index >= 15 is 0 Å². The molecule has 0 aromatic carbocycles. The Bertz CT molecular complexity index is 442. The Hall–Kier alpha value is -1.58. The number of allylic oxidation sites excluding steroid dienone is 2. The van der Waals surface area contributed by atoms with Crippen LogP contribution >= 0.6 is 0 Å². The highest BCUT2D eigenvalue weighted by Crippen LogP contribution is 2.17. The molecule has 0 fully saturated rings. The molecule has 4 nitrogen and oxygen atoms in total. The molecule has 4 heteroatoms. The SMILES string of the molecule is C=CCOC(=O)CC(CCCCCCCC/C=C/CCCCCCCC)C(=O)O. The van der Waals surface area contributed by atoms with Crippen molar-refractivity contribution in [3.05, 3.63) is 24.8 Å². The van der Waals surface area contributed by atoms with Crippen LogP contribution in [0.25, 0.3) is 0 Å². The summed E-state index contributed by atoms with van der Waals surface area (Å²) in [4.78, 5) is 22.8. The summed E-state index contributed by atoms with van der Waals surface area (Å²) in [7, 11) is 0. The summed E-state index contributed by atoms with van der Waals surface area (Å²) in [6.07, 6.45) is 23.9. The molecule has 168 valence electrons. The zero-order valence-electron chi connectivity index (χ0n) is 18.7. The van der Waals surface area contributed by atoms with Gasteiger partial charge in [-0.05, 0) is 32.1 Å². The van der Waals surface area contributed by atoms with Gasteiger partial charge in [-0.25, -0.2) is 0 Å². The van der Waals surface area contributed by atoms with Gasteiger partial charge >= 0.3 is 11.9 Å². The summed E-state index contributed by atoms with van der Waals surface area (Å²) in [5.41, 5.74) is 0. The third-order valence-electron chi connectivity index (χ3n) is 5.19. The van der Waals surface area contributed by atoms with E-state index in [-0.39, 0.29) is 13.0 Å². The van der Waals surface area contributed by atoms with Gasteiger partial charge in [-0.3, -0.25) is 9.59 Å². The predicted molar refractivity (Wildman–Crippen MR) is 121 cm³/mol.